The standard InChI is InChI=1S/C29H33N5O4S/c1-3-5-6-10-16-34-24(30)19(17-20-25(34)31-22-14-9-11-15-33(22)28(20)36)26(35)32-27-23(29(37)38-4-2)18-12-7-8-13-21(18)39-27/h9,11,14-15,17,30H,3-8,10,12-13,16H2,1-2H3,(H,32,35). The molecule has 9 nitrogen and oxygen atoms in total. The van der Waals surface area contributed by atoms with E-state index in [4.69, 9.17) is 15.1 Å². The lowest BCUT2D eigenvalue weighted by Gasteiger charge is -2.15. The number of nitrogens with zero attached hydrogens (tertiary/aromatic N) is 3. The molecule has 0 radical (unpaired) electrons. The second-order valence-electron chi connectivity index (χ2n) is 9.79. The highest BCUT2D eigenvalue weighted by Gasteiger charge is 2.28. The van der Waals surface area contributed by atoms with Crippen LogP contribution in [-0.2, 0) is 24.1 Å². The van der Waals surface area contributed by atoms with Gasteiger partial charge in [0.25, 0.3) is 11.5 Å². The van der Waals surface area contributed by atoms with Crippen LogP contribution in [0.2, 0.25) is 0 Å². The van der Waals surface area contributed by atoms with E-state index >= 15 is 0 Å². The fraction of sp³-hybridized carbons (Fsp3) is 0.414. The van der Waals surface area contributed by atoms with E-state index in [0.717, 1.165) is 61.8 Å². The number of aryl methyl sites for hydroxylation is 2. The third kappa shape index (κ3) is 5.13. The fourth-order valence-corrected chi connectivity index (χ4v) is 6.49. The minimum Gasteiger partial charge on any atom is -0.462 e. The van der Waals surface area contributed by atoms with E-state index in [2.05, 4.69) is 12.2 Å². The van der Waals surface area contributed by atoms with E-state index in [9.17, 15) is 14.4 Å². The average Bonchev–Trinajstić information content (AvgIpc) is 3.30. The van der Waals surface area contributed by atoms with Crippen molar-refractivity contribution in [2.45, 2.75) is 71.8 Å². The Bertz CT molecular complexity index is 1680. The molecule has 39 heavy (non-hydrogen) atoms. The summed E-state index contributed by atoms with van der Waals surface area (Å²) in [6.45, 7) is 4.59. The van der Waals surface area contributed by atoms with Gasteiger partial charge in [-0.3, -0.25) is 19.4 Å². The van der Waals surface area contributed by atoms with Crippen LogP contribution in [0, 0.1) is 5.41 Å². The smallest absolute Gasteiger partial charge is 0.341 e. The predicted molar refractivity (Wildman–Crippen MR) is 152 cm³/mol. The monoisotopic (exact) mass is 547 g/mol. The van der Waals surface area contributed by atoms with Gasteiger partial charge in [-0.25, -0.2) is 9.78 Å². The Morgan fingerprint density at radius 2 is 1.97 bits per heavy atom. The molecular weight excluding hydrogens is 514 g/mol. The number of rotatable bonds is 9. The molecule has 4 heterocycles. The van der Waals surface area contributed by atoms with E-state index in [1.165, 1.54) is 21.8 Å². The number of unbranched alkanes of at least 4 members (excludes halogenated alkanes) is 3. The molecule has 0 unspecified atom stereocenters. The number of carbonyl (C=O) groups excluding carboxylic acids is 2. The number of nitrogens with one attached hydrogen (secondary N) is 2. The number of esters is 1. The van der Waals surface area contributed by atoms with Crippen molar-refractivity contribution in [1.82, 2.24) is 14.0 Å². The number of thiophene rings is 1. The van der Waals surface area contributed by atoms with Gasteiger partial charge in [-0.1, -0.05) is 32.3 Å². The summed E-state index contributed by atoms with van der Waals surface area (Å²) in [7, 11) is 0. The van der Waals surface area contributed by atoms with Crippen LogP contribution in [0.1, 0.15) is 83.5 Å². The van der Waals surface area contributed by atoms with Crippen LogP contribution in [0.4, 0.5) is 5.00 Å². The quantitative estimate of drug-likeness (QED) is 0.172. The summed E-state index contributed by atoms with van der Waals surface area (Å²) >= 11 is 1.40. The highest BCUT2D eigenvalue weighted by molar-refractivity contribution is 7.17. The van der Waals surface area contributed by atoms with Crippen LogP contribution >= 0.6 is 11.3 Å². The molecule has 4 aromatic heterocycles. The summed E-state index contributed by atoms with van der Waals surface area (Å²) in [5, 5.41) is 12.6. The molecule has 0 atom stereocenters. The maximum atomic E-state index is 13.7. The van der Waals surface area contributed by atoms with Gasteiger partial charge in [0.05, 0.1) is 23.1 Å². The van der Waals surface area contributed by atoms with Gasteiger partial charge in [-0.2, -0.15) is 0 Å². The van der Waals surface area contributed by atoms with Crippen LogP contribution in [0.25, 0.3) is 16.7 Å². The molecule has 204 valence electrons. The van der Waals surface area contributed by atoms with Gasteiger partial charge in [0.2, 0.25) is 0 Å². The first-order valence-corrected chi connectivity index (χ1v) is 14.5. The Morgan fingerprint density at radius 3 is 2.77 bits per heavy atom. The minimum absolute atomic E-state index is 0.0114. The minimum atomic E-state index is -0.536. The average molecular weight is 548 g/mol. The van der Waals surface area contributed by atoms with Crippen molar-refractivity contribution in [2.24, 2.45) is 0 Å². The van der Waals surface area contributed by atoms with Crippen LogP contribution in [0.15, 0.2) is 35.3 Å². The van der Waals surface area contributed by atoms with Gasteiger partial charge in [0.1, 0.15) is 21.8 Å². The zero-order chi connectivity index (χ0) is 27.5. The molecule has 1 amide bonds. The highest BCUT2D eigenvalue weighted by atomic mass is 32.1. The molecule has 0 fully saturated rings. The van der Waals surface area contributed by atoms with Gasteiger partial charge in [-0.05, 0) is 62.8 Å². The molecule has 0 aromatic carbocycles. The van der Waals surface area contributed by atoms with E-state index in [-0.39, 0.29) is 28.6 Å². The fourth-order valence-electron chi connectivity index (χ4n) is 5.22. The van der Waals surface area contributed by atoms with E-state index in [0.29, 0.717) is 28.4 Å². The van der Waals surface area contributed by atoms with Gasteiger partial charge in [0, 0.05) is 17.6 Å². The predicted octanol–water partition coefficient (Wildman–Crippen LogP) is 5.08. The molecule has 0 aliphatic heterocycles. The lowest BCUT2D eigenvalue weighted by molar-refractivity contribution is 0.0526. The van der Waals surface area contributed by atoms with Crippen molar-refractivity contribution in [3.05, 3.63) is 67.9 Å². The highest BCUT2D eigenvalue weighted by Crippen LogP contribution is 2.38. The Labute approximate surface area is 230 Å². The summed E-state index contributed by atoms with van der Waals surface area (Å²) in [6, 6.07) is 6.77. The second-order valence-corrected chi connectivity index (χ2v) is 10.9. The molecule has 1 aliphatic carbocycles. The summed E-state index contributed by atoms with van der Waals surface area (Å²) < 4.78 is 8.44. The van der Waals surface area contributed by atoms with E-state index < -0.39 is 11.9 Å². The number of aromatic nitrogens is 3. The van der Waals surface area contributed by atoms with Crippen molar-refractivity contribution in [3.8, 4) is 0 Å². The van der Waals surface area contributed by atoms with Crippen molar-refractivity contribution in [1.29, 1.82) is 5.41 Å². The second kappa shape index (κ2) is 11.5. The SMILES string of the molecule is CCCCCCn1c(=N)c(C(=O)Nc2sc3c(c2C(=O)OCC)CCCC3)cc2c(=O)n3ccccc3nc21. The summed E-state index contributed by atoms with van der Waals surface area (Å²) in [4.78, 5) is 45.9. The number of hydrogen-bond acceptors (Lipinski definition) is 7. The zero-order valence-electron chi connectivity index (χ0n) is 22.3. The normalized spacial score (nSPS) is 13.0. The topological polar surface area (TPSA) is 119 Å². The molecule has 1 aliphatic rings. The number of ether oxygens (including phenoxy) is 1. The number of amides is 1. The van der Waals surface area contributed by atoms with Crippen LogP contribution in [0.3, 0.4) is 0 Å². The van der Waals surface area contributed by atoms with Crippen LogP contribution < -0.4 is 16.4 Å². The van der Waals surface area contributed by atoms with Crippen molar-refractivity contribution in [3.63, 3.8) is 0 Å². The van der Waals surface area contributed by atoms with Crippen LogP contribution in [0.5, 0.6) is 0 Å². The summed E-state index contributed by atoms with van der Waals surface area (Å²) in [5.74, 6) is -0.984. The molecule has 0 saturated carbocycles. The molecule has 0 spiro atoms. The molecule has 0 saturated heterocycles. The number of anilines is 1. The van der Waals surface area contributed by atoms with Gasteiger partial charge < -0.3 is 14.6 Å². The van der Waals surface area contributed by atoms with Gasteiger partial charge in [-0.15, -0.1) is 11.3 Å². The molecule has 0 bridgehead atoms. The number of carbonyl (C=O) groups is 2. The Hall–Kier alpha value is -3.79. The summed E-state index contributed by atoms with van der Waals surface area (Å²) in [5.41, 5.74) is 1.99. The molecular formula is C29H33N5O4S. The first-order chi connectivity index (χ1) is 18.9. The lowest BCUT2D eigenvalue weighted by Crippen LogP contribution is -2.32. The summed E-state index contributed by atoms with van der Waals surface area (Å²) in [6.07, 6.45) is 9.18. The Morgan fingerprint density at radius 1 is 1.15 bits per heavy atom. The van der Waals surface area contributed by atoms with Gasteiger partial charge in [0.15, 0.2) is 0 Å². The zero-order valence-corrected chi connectivity index (χ0v) is 23.2. The third-order valence-corrected chi connectivity index (χ3v) is 8.38. The van der Waals surface area contributed by atoms with E-state index in [1.54, 1.807) is 29.8 Å². The lowest BCUT2D eigenvalue weighted by atomic mass is 9.95. The number of fused-ring (bicyclic) bond motifs is 3. The third-order valence-electron chi connectivity index (χ3n) is 7.18. The maximum absolute atomic E-state index is 13.7. The van der Waals surface area contributed by atoms with Crippen molar-refractivity contribution < 1.29 is 14.3 Å². The largest absolute Gasteiger partial charge is 0.462 e. The molecule has 10 heteroatoms. The van der Waals surface area contributed by atoms with E-state index in [1.807, 2.05) is 6.07 Å². The Balaban J connectivity index is 1.62. The maximum Gasteiger partial charge on any atom is 0.341 e. The van der Waals surface area contributed by atoms with Gasteiger partial charge >= 0.3 is 5.97 Å². The van der Waals surface area contributed by atoms with Crippen molar-refractivity contribution >= 4 is 44.9 Å². The number of hydrogen-bond donors (Lipinski definition) is 2. The molecule has 2 N–H and O–H groups in total. The first kappa shape index (κ1) is 26.8. The Kier molecular flexibility index (Phi) is 7.92. The molecule has 4 aromatic rings. The molecule has 5 rings (SSSR count). The van der Waals surface area contributed by atoms with Crippen molar-refractivity contribution in [2.75, 3.05) is 11.9 Å². The number of pyridine rings is 2. The van der Waals surface area contributed by atoms with Crippen LogP contribution in [-0.4, -0.2) is 32.4 Å². The first-order valence-electron chi connectivity index (χ1n) is 13.7.